The number of halogens is 2. The molecule has 19 heavy (non-hydrogen) atoms. The van der Waals surface area contributed by atoms with Crippen molar-refractivity contribution in [2.24, 2.45) is 5.10 Å². The van der Waals surface area contributed by atoms with E-state index >= 15 is 0 Å². The Balaban J connectivity index is 1.83. The number of piperidine rings is 1. The van der Waals surface area contributed by atoms with Gasteiger partial charge in [-0.05, 0) is 30.5 Å². The lowest BCUT2D eigenvalue weighted by atomic mass is 10.0. The van der Waals surface area contributed by atoms with E-state index in [2.05, 4.69) is 10.1 Å². The van der Waals surface area contributed by atoms with Gasteiger partial charge in [-0.25, -0.2) is 18.9 Å². The molecule has 1 saturated heterocycles. The molecule has 2 aliphatic rings. The van der Waals surface area contributed by atoms with Gasteiger partial charge in [0.25, 0.3) is 0 Å². The third-order valence-electron chi connectivity index (χ3n) is 3.70. The highest BCUT2D eigenvalue weighted by Crippen LogP contribution is 2.31. The second kappa shape index (κ2) is 5.25. The lowest BCUT2D eigenvalue weighted by molar-refractivity contribution is -0.0625. The minimum absolute atomic E-state index is 0.0803. The fourth-order valence-corrected chi connectivity index (χ4v) is 2.79. The first-order valence-electron chi connectivity index (χ1n) is 6.76. The molecule has 3 nitrogen and oxygen atoms in total. The average Bonchev–Trinajstić information content (AvgIpc) is 2.88. The normalized spacial score (nSPS) is 24.1. The van der Waals surface area contributed by atoms with Crippen LogP contribution in [0.1, 0.15) is 37.3 Å². The molecule has 0 saturated carbocycles. The van der Waals surface area contributed by atoms with Gasteiger partial charge in [-0.2, -0.15) is 5.10 Å². The van der Waals surface area contributed by atoms with Crippen molar-refractivity contribution >= 4 is 6.21 Å². The van der Waals surface area contributed by atoms with Crippen molar-refractivity contribution in [2.75, 3.05) is 13.1 Å². The van der Waals surface area contributed by atoms with Crippen molar-refractivity contribution < 1.29 is 8.78 Å². The SMILES string of the molecule is Fc1cc(F)cc([C@@H]2CC=NN2N2CCCCC2)c1. The molecule has 0 N–H and O–H groups in total. The van der Waals surface area contributed by atoms with Crippen molar-refractivity contribution in [1.29, 1.82) is 0 Å². The van der Waals surface area contributed by atoms with E-state index in [-0.39, 0.29) is 6.04 Å². The zero-order chi connectivity index (χ0) is 13.2. The van der Waals surface area contributed by atoms with Crippen LogP contribution in [0.5, 0.6) is 0 Å². The molecule has 2 aliphatic heterocycles. The van der Waals surface area contributed by atoms with Crippen LogP contribution in [-0.2, 0) is 0 Å². The summed E-state index contributed by atoms with van der Waals surface area (Å²) in [6.07, 6.45) is 6.06. The molecule has 1 aromatic carbocycles. The number of nitrogens with zero attached hydrogens (tertiary/aromatic N) is 3. The molecule has 0 spiro atoms. The predicted octanol–water partition coefficient (Wildman–Crippen LogP) is 3.10. The average molecular weight is 265 g/mol. The van der Waals surface area contributed by atoms with E-state index in [1.54, 1.807) is 0 Å². The summed E-state index contributed by atoms with van der Waals surface area (Å²) in [4.78, 5) is 0. The van der Waals surface area contributed by atoms with Crippen LogP contribution >= 0.6 is 0 Å². The van der Waals surface area contributed by atoms with Crippen molar-refractivity contribution in [3.8, 4) is 0 Å². The molecule has 1 fully saturated rings. The zero-order valence-corrected chi connectivity index (χ0v) is 10.7. The molecule has 2 heterocycles. The van der Waals surface area contributed by atoms with Crippen LogP contribution in [-0.4, -0.2) is 29.4 Å². The quantitative estimate of drug-likeness (QED) is 0.818. The van der Waals surface area contributed by atoms with Gasteiger partial charge in [0.1, 0.15) is 11.6 Å². The van der Waals surface area contributed by atoms with Crippen LogP contribution in [0, 0.1) is 11.6 Å². The van der Waals surface area contributed by atoms with Gasteiger partial charge in [-0.15, -0.1) is 0 Å². The number of hydrogen-bond donors (Lipinski definition) is 0. The van der Waals surface area contributed by atoms with Gasteiger partial charge in [-0.3, -0.25) is 0 Å². The Morgan fingerprint density at radius 3 is 2.37 bits per heavy atom. The minimum Gasteiger partial charge on any atom is -0.220 e. The van der Waals surface area contributed by atoms with E-state index < -0.39 is 11.6 Å². The first kappa shape index (κ1) is 12.5. The van der Waals surface area contributed by atoms with Gasteiger partial charge in [-0.1, -0.05) is 6.42 Å². The summed E-state index contributed by atoms with van der Waals surface area (Å²) in [7, 11) is 0. The summed E-state index contributed by atoms with van der Waals surface area (Å²) >= 11 is 0. The Morgan fingerprint density at radius 2 is 1.68 bits per heavy atom. The van der Waals surface area contributed by atoms with Gasteiger partial charge in [0.2, 0.25) is 0 Å². The van der Waals surface area contributed by atoms with Crippen molar-refractivity contribution in [3.63, 3.8) is 0 Å². The Morgan fingerprint density at radius 1 is 1.00 bits per heavy atom. The molecule has 0 bridgehead atoms. The Labute approximate surface area is 111 Å². The monoisotopic (exact) mass is 265 g/mol. The molecular formula is C14H17F2N3. The first-order chi connectivity index (χ1) is 9.24. The molecule has 3 rings (SSSR count). The smallest absolute Gasteiger partial charge is 0.126 e. The highest BCUT2D eigenvalue weighted by Gasteiger charge is 2.29. The maximum Gasteiger partial charge on any atom is 0.126 e. The highest BCUT2D eigenvalue weighted by atomic mass is 19.1. The van der Waals surface area contributed by atoms with Crippen LogP contribution in [0.4, 0.5) is 8.78 Å². The van der Waals surface area contributed by atoms with Crippen LogP contribution in [0.15, 0.2) is 23.3 Å². The van der Waals surface area contributed by atoms with E-state index in [0.717, 1.165) is 32.0 Å². The summed E-state index contributed by atoms with van der Waals surface area (Å²) in [5, 5.41) is 8.44. The molecule has 0 amide bonds. The van der Waals surface area contributed by atoms with E-state index in [9.17, 15) is 8.78 Å². The topological polar surface area (TPSA) is 18.8 Å². The third-order valence-corrected chi connectivity index (χ3v) is 3.70. The van der Waals surface area contributed by atoms with Gasteiger partial charge < -0.3 is 0 Å². The fourth-order valence-electron chi connectivity index (χ4n) is 2.79. The van der Waals surface area contributed by atoms with E-state index in [4.69, 9.17) is 0 Å². The molecule has 102 valence electrons. The molecule has 1 atom stereocenters. The number of rotatable bonds is 2. The van der Waals surface area contributed by atoms with Crippen molar-refractivity contribution in [1.82, 2.24) is 10.1 Å². The third kappa shape index (κ3) is 2.61. The summed E-state index contributed by atoms with van der Waals surface area (Å²) in [6, 6.07) is 3.63. The molecule has 0 radical (unpaired) electrons. The van der Waals surface area contributed by atoms with Crippen LogP contribution in [0.25, 0.3) is 0 Å². The van der Waals surface area contributed by atoms with Gasteiger partial charge in [0.15, 0.2) is 0 Å². The Kier molecular flexibility index (Phi) is 3.46. The lowest BCUT2D eigenvalue weighted by Gasteiger charge is -2.37. The van der Waals surface area contributed by atoms with Crippen molar-refractivity contribution in [3.05, 3.63) is 35.4 Å². The molecule has 5 heteroatoms. The van der Waals surface area contributed by atoms with E-state index in [0.29, 0.717) is 12.0 Å². The number of benzene rings is 1. The molecule has 0 unspecified atom stereocenters. The Bertz CT molecular complexity index is 463. The van der Waals surface area contributed by atoms with Gasteiger partial charge in [0.05, 0.1) is 6.04 Å². The standard InChI is InChI=1S/C14H17F2N3/c15-12-8-11(9-13(16)10-12)14-4-5-17-19(14)18-6-2-1-3-7-18/h5,8-10,14H,1-4,6-7H2/t14-/m0/s1. The number of hydrogen-bond acceptors (Lipinski definition) is 3. The van der Waals surface area contributed by atoms with Gasteiger partial charge in [0, 0.05) is 31.8 Å². The molecular weight excluding hydrogens is 248 g/mol. The van der Waals surface area contributed by atoms with Crippen LogP contribution in [0.2, 0.25) is 0 Å². The van der Waals surface area contributed by atoms with Crippen LogP contribution < -0.4 is 0 Å². The second-order valence-corrected chi connectivity index (χ2v) is 5.09. The second-order valence-electron chi connectivity index (χ2n) is 5.09. The lowest BCUT2D eigenvalue weighted by Crippen LogP contribution is -2.42. The summed E-state index contributed by atoms with van der Waals surface area (Å²) in [5.41, 5.74) is 0.653. The first-order valence-corrected chi connectivity index (χ1v) is 6.76. The summed E-state index contributed by atoms with van der Waals surface area (Å²) in [5.74, 6) is -1.05. The highest BCUT2D eigenvalue weighted by molar-refractivity contribution is 5.60. The fraction of sp³-hybridized carbons (Fsp3) is 0.500. The Hall–Kier alpha value is -1.49. The van der Waals surface area contributed by atoms with Crippen LogP contribution in [0.3, 0.4) is 0 Å². The minimum atomic E-state index is -0.527. The summed E-state index contributed by atoms with van der Waals surface area (Å²) < 4.78 is 26.7. The van der Waals surface area contributed by atoms with E-state index in [1.165, 1.54) is 18.6 Å². The zero-order valence-electron chi connectivity index (χ0n) is 10.7. The maximum atomic E-state index is 13.3. The van der Waals surface area contributed by atoms with E-state index in [1.807, 2.05) is 11.3 Å². The number of hydrazone groups is 1. The largest absolute Gasteiger partial charge is 0.220 e. The predicted molar refractivity (Wildman–Crippen MR) is 69.5 cm³/mol. The maximum absolute atomic E-state index is 13.3. The molecule has 1 aromatic rings. The molecule has 0 aliphatic carbocycles. The number of hydrazine groups is 1. The van der Waals surface area contributed by atoms with Gasteiger partial charge >= 0.3 is 0 Å². The summed E-state index contributed by atoms with van der Waals surface area (Å²) in [6.45, 7) is 1.93. The van der Waals surface area contributed by atoms with Crippen molar-refractivity contribution in [2.45, 2.75) is 31.7 Å². The molecule has 0 aromatic heterocycles.